The standard InChI is InChI=1S/C15H11Cl2FN2/c1-9-14(18)4-10(7-19)5-15(9)20-8-11-2-12(16)6-13(17)3-11/h2-6,20H,8H2,1H3. The van der Waals surface area contributed by atoms with Crippen molar-refractivity contribution in [2.45, 2.75) is 13.5 Å². The molecule has 2 rings (SSSR count). The normalized spacial score (nSPS) is 10.2. The van der Waals surface area contributed by atoms with Crippen LogP contribution in [0.1, 0.15) is 16.7 Å². The van der Waals surface area contributed by atoms with Crippen LogP contribution in [0.3, 0.4) is 0 Å². The molecule has 102 valence electrons. The van der Waals surface area contributed by atoms with Crippen molar-refractivity contribution in [1.29, 1.82) is 5.26 Å². The number of hydrogen-bond donors (Lipinski definition) is 1. The second-order valence-corrected chi connectivity index (χ2v) is 5.25. The van der Waals surface area contributed by atoms with Gasteiger partial charge in [0.15, 0.2) is 0 Å². The van der Waals surface area contributed by atoms with Crippen LogP contribution in [0.25, 0.3) is 0 Å². The Morgan fingerprint density at radius 1 is 1.15 bits per heavy atom. The summed E-state index contributed by atoms with van der Waals surface area (Å²) in [5, 5.41) is 13.0. The van der Waals surface area contributed by atoms with E-state index in [0.717, 1.165) is 5.56 Å². The van der Waals surface area contributed by atoms with Crippen LogP contribution in [0.5, 0.6) is 0 Å². The first-order chi connectivity index (χ1) is 9.49. The second kappa shape index (κ2) is 6.13. The number of halogens is 3. The molecule has 0 unspecified atom stereocenters. The highest BCUT2D eigenvalue weighted by molar-refractivity contribution is 6.34. The Bertz CT molecular complexity index is 673. The Hall–Kier alpha value is -1.76. The Labute approximate surface area is 126 Å². The highest BCUT2D eigenvalue weighted by Gasteiger charge is 2.07. The van der Waals surface area contributed by atoms with Gasteiger partial charge in [0.1, 0.15) is 5.82 Å². The van der Waals surface area contributed by atoms with E-state index < -0.39 is 5.82 Å². The summed E-state index contributed by atoms with van der Waals surface area (Å²) < 4.78 is 13.6. The lowest BCUT2D eigenvalue weighted by Crippen LogP contribution is -2.03. The quantitative estimate of drug-likeness (QED) is 0.873. The number of nitrogens with one attached hydrogen (secondary N) is 1. The summed E-state index contributed by atoms with van der Waals surface area (Å²) in [6.07, 6.45) is 0. The van der Waals surface area contributed by atoms with Gasteiger partial charge in [-0.1, -0.05) is 23.2 Å². The van der Waals surface area contributed by atoms with Crippen molar-refractivity contribution in [2.24, 2.45) is 0 Å². The van der Waals surface area contributed by atoms with Crippen LogP contribution < -0.4 is 5.32 Å². The largest absolute Gasteiger partial charge is 0.381 e. The smallest absolute Gasteiger partial charge is 0.129 e. The number of nitrogens with zero attached hydrogens (tertiary/aromatic N) is 1. The maximum atomic E-state index is 13.6. The molecule has 2 nitrogen and oxygen atoms in total. The van der Waals surface area contributed by atoms with Crippen molar-refractivity contribution in [3.63, 3.8) is 0 Å². The van der Waals surface area contributed by atoms with Gasteiger partial charge in [0, 0.05) is 27.8 Å². The Morgan fingerprint density at radius 3 is 2.40 bits per heavy atom. The zero-order chi connectivity index (χ0) is 14.7. The Balaban J connectivity index is 2.23. The molecule has 0 bridgehead atoms. The van der Waals surface area contributed by atoms with Gasteiger partial charge in [-0.2, -0.15) is 5.26 Å². The van der Waals surface area contributed by atoms with Crippen LogP contribution in [0.2, 0.25) is 10.0 Å². The topological polar surface area (TPSA) is 35.8 Å². The fourth-order valence-electron chi connectivity index (χ4n) is 1.84. The number of anilines is 1. The molecule has 0 aliphatic carbocycles. The first kappa shape index (κ1) is 14.6. The molecule has 0 saturated carbocycles. The predicted octanol–water partition coefficient (Wildman–Crippen LogP) is 4.92. The maximum Gasteiger partial charge on any atom is 0.129 e. The number of nitriles is 1. The fraction of sp³-hybridized carbons (Fsp3) is 0.133. The molecule has 0 fully saturated rings. The molecule has 2 aromatic carbocycles. The maximum absolute atomic E-state index is 13.6. The van der Waals surface area contributed by atoms with Gasteiger partial charge in [0.05, 0.1) is 11.6 Å². The zero-order valence-corrected chi connectivity index (χ0v) is 12.2. The summed E-state index contributed by atoms with van der Waals surface area (Å²) in [6, 6.07) is 9.97. The van der Waals surface area contributed by atoms with Gasteiger partial charge in [-0.3, -0.25) is 0 Å². The first-order valence-electron chi connectivity index (χ1n) is 5.88. The minimum atomic E-state index is -0.407. The third-order valence-electron chi connectivity index (χ3n) is 2.88. The van der Waals surface area contributed by atoms with E-state index in [4.69, 9.17) is 28.5 Å². The van der Waals surface area contributed by atoms with E-state index in [1.165, 1.54) is 6.07 Å². The SMILES string of the molecule is Cc1c(F)cc(C#N)cc1NCc1cc(Cl)cc(Cl)c1. The van der Waals surface area contributed by atoms with Crippen molar-refractivity contribution in [2.75, 3.05) is 5.32 Å². The second-order valence-electron chi connectivity index (χ2n) is 4.37. The Kier molecular flexibility index (Phi) is 4.49. The lowest BCUT2D eigenvalue weighted by Gasteiger charge is -2.11. The van der Waals surface area contributed by atoms with E-state index in [1.54, 1.807) is 31.2 Å². The van der Waals surface area contributed by atoms with E-state index in [9.17, 15) is 4.39 Å². The number of benzene rings is 2. The van der Waals surface area contributed by atoms with Crippen molar-refractivity contribution in [3.8, 4) is 6.07 Å². The van der Waals surface area contributed by atoms with E-state index in [0.29, 0.717) is 27.8 Å². The summed E-state index contributed by atoms with van der Waals surface area (Å²) in [5.41, 5.74) is 2.21. The van der Waals surface area contributed by atoms with Gasteiger partial charge < -0.3 is 5.32 Å². The molecule has 0 saturated heterocycles. The monoisotopic (exact) mass is 308 g/mol. The van der Waals surface area contributed by atoms with Crippen molar-refractivity contribution in [3.05, 3.63) is 62.9 Å². The highest BCUT2D eigenvalue weighted by Crippen LogP contribution is 2.23. The van der Waals surface area contributed by atoms with Gasteiger partial charge in [-0.15, -0.1) is 0 Å². The summed E-state index contributed by atoms with van der Waals surface area (Å²) in [6.45, 7) is 2.10. The molecule has 0 heterocycles. The molecule has 0 aliphatic heterocycles. The van der Waals surface area contributed by atoms with Crippen LogP contribution in [-0.4, -0.2) is 0 Å². The molecule has 20 heavy (non-hydrogen) atoms. The molecule has 0 radical (unpaired) electrons. The summed E-state index contributed by atoms with van der Waals surface area (Å²) >= 11 is 11.8. The average molecular weight is 309 g/mol. The highest BCUT2D eigenvalue weighted by atomic mass is 35.5. The lowest BCUT2D eigenvalue weighted by molar-refractivity contribution is 0.618. The van der Waals surface area contributed by atoms with Gasteiger partial charge in [0.25, 0.3) is 0 Å². The molecule has 1 N–H and O–H groups in total. The minimum Gasteiger partial charge on any atom is -0.381 e. The van der Waals surface area contributed by atoms with Crippen LogP contribution in [0.4, 0.5) is 10.1 Å². The molecule has 0 aliphatic rings. The fourth-order valence-corrected chi connectivity index (χ4v) is 2.41. The van der Waals surface area contributed by atoms with Crippen LogP contribution in [0.15, 0.2) is 30.3 Å². The van der Waals surface area contributed by atoms with Crippen molar-refractivity contribution in [1.82, 2.24) is 0 Å². The number of rotatable bonds is 3. The van der Waals surface area contributed by atoms with E-state index in [-0.39, 0.29) is 5.56 Å². The molecule has 0 atom stereocenters. The van der Waals surface area contributed by atoms with Gasteiger partial charge in [0.2, 0.25) is 0 Å². The molecule has 0 aromatic heterocycles. The van der Waals surface area contributed by atoms with Crippen LogP contribution in [-0.2, 0) is 6.54 Å². The van der Waals surface area contributed by atoms with Crippen LogP contribution in [0, 0.1) is 24.1 Å². The summed E-state index contributed by atoms with van der Waals surface area (Å²) in [5.74, 6) is -0.407. The lowest BCUT2D eigenvalue weighted by atomic mass is 10.1. The molecule has 2 aromatic rings. The molecule has 0 amide bonds. The molecular weight excluding hydrogens is 298 g/mol. The zero-order valence-electron chi connectivity index (χ0n) is 10.7. The summed E-state index contributed by atoms with van der Waals surface area (Å²) in [7, 11) is 0. The molecular formula is C15H11Cl2FN2. The average Bonchev–Trinajstić information content (AvgIpc) is 2.39. The summed E-state index contributed by atoms with van der Waals surface area (Å²) in [4.78, 5) is 0. The van der Waals surface area contributed by atoms with Crippen LogP contribution >= 0.6 is 23.2 Å². The van der Waals surface area contributed by atoms with Crippen molar-refractivity contribution >= 4 is 28.9 Å². The van der Waals surface area contributed by atoms with E-state index in [2.05, 4.69) is 5.32 Å². The van der Waals surface area contributed by atoms with Crippen molar-refractivity contribution < 1.29 is 4.39 Å². The third kappa shape index (κ3) is 3.41. The molecule has 5 heteroatoms. The van der Waals surface area contributed by atoms with Gasteiger partial charge in [-0.25, -0.2) is 4.39 Å². The third-order valence-corrected chi connectivity index (χ3v) is 3.32. The minimum absolute atomic E-state index is 0.278. The van der Waals surface area contributed by atoms with Gasteiger partial charge >= 0.3 is 0 Å². The van der Waals surface area contributed by atoms with E-state index >= 15 is 0 Å². The Morgan fingerprint density at radius 2 is 1.80 bits per heavy atom. The van der Waals surface area contributed by atoms with Gasteiger partial charge in [-0.05, 0) is 42.8 Å². The number of hydrogen-bond acceptors (Lipinski definition) is 2. The first-order valence-corrected chi connectivity index (χ1v) is 6.64. The predicted molar refractivity (Wildman–Crippen MR) is 79.6 cm³/mol. The molecule has 0 spiro atoms. The van der Waals surface area contributed by atoms with E-state index in [1.807, 2.05) is 6.07 Å².